The Hall–Kier alpha value is 1.42. The second kappa shape index (κ2) is 7.68. The predicted molar refractivity (Wildman–Crippen MR) is 65.9 cm³/mol. The Bertz CT molecular complexity index is 162. The molecule has 0 saturated carbocycles. The summed E-state index contributed by atoms with van der Waals surface area (Å²) in [6.07, 6.45) is 0. The van der Waals surface area contributed by atoms with Gasteiger partial charge in [-0.2, -0.15) is 0 Å². The maximum absolute atomic E-state index is 5.47. The molecule has 0 aliphatic rings. The Kier molecular flexibility index (Phi) is 8.52. The minimum Gasteiger partial charge on any atom is -0.476 e. The molecule has 0 aromatic carbocycles. The average molecular weight is 302 g/mol. The van der Waals surface area contributed by atoms with Crippen molar-refractivity contribution in [1.29, 1.82) is 0 Å². The van der Waals surface area contributed by atoms with Crippen LogP contribution < -0.4 is 0 Å². The lowest BCUT2D eigenvalue weighted by atomic mass is 10.8. The molecule has 0 unspecified atom stereocenters. The molecule has 0 spiro atoms. The minimum atomic E-state index is -1.38. The van der Waals surface area contributed by atoms with Crippen molar-refractivity contribution < 1.29 is 9.47 Å². The largest absolute Gasteiger partial charge is 0.476 e. The highest BCUT2D eigenvalue weighted by Gasteiger charge is 2.22. The van der Waals surface area contributed by atoms with Gasteiger partial charge in [-0.05, 0) is 33.8 Å². The third kappa shape index (κ3) is 11.3. The van der Waals surface area contributed by atoms with Crippen LogP contribution in [0, 0.1) is 0 Å². The predicted octanol–water partition coefficient (Wildman–Crippen LogP) is 3.64. The highest BCUT2D eigenvalue weighted by molar-refractivity contribution is 8.84. The van der Waals surface area contributed by atoms with Crippen LogP contribution in [-0.4, -0.2) is 27.8 Å². The van der Waals surface area contributed by atoms with Gasteiger partial charge in [0.25, 0.3) is 0 Å². The number of halogens is 3. The molecule has 0 atom stereocenters. The minimum absolute atomic E-state index is 0.327. The number of hydrogen-bond donors (Lipinski definition) is 0. The standard InChI is InChI=1S/C5H7Cl3O2S3/c1-9-2-3-10-4(11)12-13-5(6,7)8/h2-3H2,1H3. The molecule has 0 heterocycles. The maximum Gasteiger partial charge on any atom is 0.247 e. The molecular weight excluding hydrogens is 295 g/mol. The molecule has 0 aliphatic carbocycles. The van der Waals surface area contributed by atoms with Gasteiger partial charge >= 0.3 is 0 Å². The summed E-state index contributed by atoms with van der Waals surface area (Å²) < 4.78 is 8.76. The lowest BCUT2D eigenvalue weighted by Crippen LogP contribution is -2.04. The van der Waals surface area contributed by atoms with Crippen molar-refractivity contribution in [3.05, 3.63) is 0 Å². The van der Waals surface area contributed by atoms with Crippen LogP contribution in [0.3, 0.4) is 0 Å². The van der Waals surface area contributed by atoms with Gasteiger partial charge in [-0.1, -0.05) is 34.8 Å². The van der Waals surface area contributed by atoms with Crippen molar-refractivity contribution >= 4 is 73.0 Å². The summed E-state index contributed by atoms with van der Waals surface area (Å²) in [5.41, 5.74) is 0. The lowest BCUT2D eigenvalue weighted by molar-refractivity contribution is 0.145. The van der Waals surface area contributed by atoms with Gasteiger partial charge in [-0.3, -0.25) is 0 Å². The second-order valence-electron chi connectivity index (χ2n) is 1.70. The fourth-order valence-corrected chi connectivity index (χ4v) is 2.48. The van der Waals surface area contributed by atoms with Gasteiger partial charge in [0, 0.05) is 7.11 Å². The van der Waals surface area contributed by atoms with E-state index in [4.69, 9.17) is 56.5 Å². The molecule has 0 rings (SSSR count). The van der Waals surface area contributed by atoms with E-state index in [9.17, 15) is 0 Å². The molecule has 0 amide bonds. The smallest absolute Gasteiger partial charge is 0.247 e. The molecule has 0 bridgehead atoms. The van der Waals surface area contributed by atoms with Gasteiger partial charge in [-0.15, -0.1) is 0 Å². The molecule has 0 aromatic rings. The third-order valence-electron chi connectivity index (χ3n) is 0.712. The molecule has 0 fully saturated rings. The number of rotatable bonds is 4. The van der Waals surface area contributed by atoms with Gasteiger partial charge in [0.15, 0.2) is 0 Å². The first-order valence-electron chi connectivity index (χ1n) is 3.04. The first-order chi connectivity index (χ1) is 5.95. The zero-order chi connectivity index (χ0) is 10.3. The van der Waals surface area contributed by atoms with Crippen molar-refractivity contribution in [1.82, 2.24) is 0 Å². The molecule has 0 aromatic heterocycles. The molecule has 0 saturated heterocycles. The SMILES string of the molecule is COCCOC(=S)SSC(Cl)(Cl)Cl. The highest BCUT2D eigenvalue weighted by Crippen LogP contribution is 2.46. The van der Waals surface area contributed by atoms with Crippen LogP contribution in [-0.2, 0) is 9.47 Å². The number of thiocarbonyl (C=S) groups is 1. The topological polar surface area (TPSA) is 18.5 Å². The van der Waals surface area contributed by atoms with Crippen LogP contribution in [0.4, 0.5) is 0 Å². The van der Waals surface area contributed by atoms with Crippen molar-refractivity contribution in [3.63, 3.8) is 0 Å². The van der Waals surface area contributed by atoms with Crippen molar-refractivity contribution in [2.75, 3.05) is 20.3 Å². The van der Waals surface area contributed by atoms with Crippen LogP contribution >= 0.6 is 68.6 Å². The van der Waals surface area contributed by atoms with Crippen LogP contribution in [0.1, 0.15) is 0 Å². The van der Waals surface area contributed by atoms with Crippen molar-refractivity contribution in [3.8, 4) is 0 Å². The van der Waals surface area contributed by atoms with Gasteiger partial charge in [0.1, 0.15) is 6.61 Å². The van der Waals surface area contributed by atoms with Gasteiger partial charge < -0.3 is 9.47 Å². The van der Waals surface area contributed by atoms with E-state index >= 15 is 0 Å². The van der Waals surface area contributed by atoms with Gasteiger partial charge in [0.05, 0.1) is 6.61 Å². The number of ether oxygens (including phenoxy) is 2. The number of hydrogen-bond acceptors (Lipinski definition) is 5. The maximum atomic E-state index is 5.47. The van der Waals surface area contributed by atoms with Crippen LogP contribution in [0.25, 0.3) is 0 Å². The Labute approximate surface area is 105 Å². The highest BCUT2D eigenvalue weighted by atomic mass is 35.6. The quantitative estimate of drug-likeness (QED) is 0.340. The fourth-order valence-electron chi connectivity index (χ4n) is 0.314. The molecular formula is C5H7Cl3O2S3. The van der Waals surface area contributed by atoms with Gasteiger partial charge in [-0.25, -0.2) is 0 Å². The molecule has 0 N–H and O–H groups in total. The first-order valence-corrected chi connectivity index (χ1v) is 6.73. The summed E-state index contributed by atoms with van der Waals surface area (Å²) in [5.74, 6) is 0. The Balaban J connectivity index is 3.41. The summed E-state index contributed by atoms with van der Waals surface area (Å²) in [4.78, 5) is 0. The molecule has 2 nitrogen and oxygen atoms in total. The summed E-state index contributed by atoms with van der Waals surface area (Å²) in [6, 6.07) is 0. The molecule has 13 heavy (non-hydrogen) atoms. The van der Waals surface area contributed by atoms with Crippen LogP contribution in [0.2, 0.25) is 0 Å². The third-order valence-corrected chi connectivity index (χ3v) is 4.89. The van der Waals surface area contributed by atoms with E-state index in [1.807, 2.05) is 0 Å². The lowest BCUT2D eigenvalue weighted by Gasteiger charge is -2.09. The summed E-state index contributed by atoms with van der Waals surface area (Å²) in [7, 11) is 3.69. The zero-order valence-electron chi connectivity index (χ0n) is 6.59. The molecule has 0 aliphatic heterocycles. The zero-order valence-corrected chi connectivity index (χ0v) is 11.3. The fraction of sp³-hybridized carbons (Fsp3) is 0.800. The van der Waals surface area contributed by atoms with E-state index < -0.39 is 3.12 Å². The van der Waals surface area contributed by atoms with E-state index in [2.05, 4.69) is 0 Å². The Morgan fingerprint density at radius 1 is 1.38 bits per heavy atom. The molecule has 0 radical (unpaired) electrons. The van der Waals surface area contributed by atoms with E-state index in [-0.39, 0.29) is 0 Å². The molecule has 8 heteroatoms. The number of methoxy groups -OCH3 is 1. The Morgan fingerprint density at radius 2 is 2.00 bits per heavy atom. The first kappa shape index (κ1) is 14.4. The van der Waals surface area contributed by atoms with E-state index in [0.717, 1.165) is 21.6 Å². The normalized spacial score (nSPS) is 11.4. The number of alkyl halides is 3. The summed E-state index contributed by atoms with van der Waals surface area (Å²) in [5, 5.41) is 0. The van der Waals surface area contributed by atoms with Gasteiger partial charge in [0.2, 0.25) is 7.51 Å². The second-order valence-corrected chi connectivity index (χ2v) is 7.60. The Morgan fingerprint density at radius 3 is 2.46 bits per heavy atom. The average Bonchev–Trinajstić information content (AvgIpc) is 2.00. The summed E-state index contributed by atoms with van der Waals surface area (Å²) >= 11 is 21.2. The van der Waals surface area contributed by atoms with Crippen LogP contribution in [0.15, 0.2) is 0 Å². The van der Waals surface area contributed by atoms with E-state index in [1.54, 1.807) is 7.11 Å². The molecule has 78 valence electrons. The van der Waals surface area contributed by atoms with E-state index in [1.165, 1.54) is 0 Å². The van der Waals surface area contributed by atoms with E-state index in [0.29, 0.717) is 17.6 Å². The monoisotopic (exact) mass is 300 g/mol. The van der Waals surface area contributed by atoms with Crippen molar-refractivity contribution in [2.45, 2.75) is 3.12 Å². The van der Waals surface area contributed by atoms with Crippen LogP contribution in [0.5, 0.6) is 0 Å². The van der Waals surface area contributed by atoms with Crippen molar-refractivity contribution in [2.24, 2.45) is 0 Å². The summed E-state index contributed by atoms with van der Waals surface area (Å²) in [6.45, 7) is 0.891.